The van der Waals surface area contributed by atoms with Gasteiger partial charge in [-0.1, -0.05) is 6.42 Å². The lowest BCUT2D eigenvalue weighted by molar-refractivity contribution is -0.176. The second-order valence-electron chi connectivity index (χ2n) is 8.38. The molecule has 1 N–H and O–H groups in total. The van der Waals surface area contributed by atoms with E-state index in [0.717, 1.165) is 19.3 Å². The van der Waals surface area contributed by atoms with Crippen LogP contribution in [0.4, 0.5) is 0 Å². The van der Waals surface area contributed by atoms with Gasteiger partial charge in [-0.25, -0.2) is 0 Å². The minimum atomic E-state index is -0.491. The van der Waals surface area contributed by atoms with Crippen LogP contribution in [0.1, 0.15) is 57.8 Å². The highest BCUT2D eigenvalue weighted by molar-refractivity contribution is 5.75. The molecule has 4 bridgehead atoms. The molecule has 5 aliphatic rings. The van der Waals surface area contributed by atoms with E-state index in [-0.39, 0.29) is 5.41 Å². The number of rotatable bonds is 3. The minimum absolute atomic E-state index is 0.347. The van der Waals surface area contributed by atoms with E-state index in [2.05, 4.69) is 4.90 Å². The van der Waals surface area contributed by atoms with Crippen LogP contribution in [0.2, 0.25) is 0 Å². The monoisotopic (exact) mass is 277 g/mol. The van der Waals surface area contributed by atoms with Crippen molar-refractivity contribution in [1.29, 1.82) is 0 Å². The largest absolute Gasteiger partial charge is 0.481 e. The second kappa shape index (κ2) is 4.46. The number of nitrogens with zero attached hydrogens (tertiary/aromatic N) is 1. The van der Waals surface area contributed by atoms with Crippen LogP contribution in [0, 0.1) is 22.7 Å². The average molecular weight is 277 g/mol. The molecule has 5 rings (SSSR count). The van der Waals surface area contributed by atoms with Gasteiger partial charge in [-0.05, 0) is 81.7 Å². The molecule has 20 heavy (non-hydrogen) atoms. The summed E-state index contributed by atoms with van der Waals surface area (Å²) < 4.78 is 0. The molecular formula is C17H27NO2. The van der Waals surface area contributed by atoms with E-state index in [9.17, 15) is 9.90 Å². The Balaban J connectivity index is 1.56. The van der Waals surface area contributed by atoms with Crippen molar-refractivity contribution in [3.05, 3.63) is 0 Å². The third-order valence-electron chi connectivity index (χ3n) is 6.64. The zero-order valence-electron chi connectivity index (χ0n) is 12.4. The van der Waals surface area contributed by atoms with Gasteiger partial charge in [0.2, 0.25) is 0 Å². The molecule has 0 radical (unpaired) electrons. The van der Waals surface area contributed by atoms with Gasteiger partial charge in [0, 0.05) is 6.54 Å². The molecule has 3 heteroatoms. The maximum Gasteiger partial charge on any atom is 0.309 e. The molecule has 0 spiro atoms. The summed E-state index contributed by atoms with van der Waals surface area (Å²) in [5.74, 6) is 0.920. The van der Waals surface area contributed by atoms with Gasteiger partial charge in [-0.15, -0.1) is 0 Å². The van der Waals surface area contributed by atoms with E-state index in [1.807, 2.05) is 0 Å². The molecule has 0 unspecified atom stereocenters. The van der Waals surface area contributed by atoms with Gasteiger partial charge in [0.25, 0.3) is 0 Å². The summed E-state index contributed by atoms with van der Waals surface area (Å²) in [6.07, 6.45) is 10.9. The first-order valence-corrected chi connectivity index (χ1v) is 8.55. The molecule has 0 amide bonds. The summed E-state index contributed by atoms with van der Waals surface area (Å²) >= 11 is 0. The number of aliphatic carboxylic acids is 1. The molecule has 1 saturated heterocycles. The van der Waals surface area contributed by atoms with Gasteiger partial charge in [0.15, 0.2) is 0 Å². The number of likely N-dealkylation sites (tertiary alicyclic amines) is 1. The van der Waals surface area contributed by atoms with E-state index in [1.54, 1.807) is 0 Å². The third kappa shape index (κ3) is 2.01. The van der Waals surface area contributed by atoms with Crippen LogP contribution >= 0.6 is 0 Å². The van der Waals surface area contributed by atoms with Crippen molar-refractivity contribution in [1.82, 2.24) is 4.90 Å². The van der Waals surface area contributed by atoms with Crippen molar-refractivity contribution in [2.45, 2.75) is 57.8 Å². The number of piperidine rings is 1. The van der Waals surface area contributed by atoms with Crippen LogP contribution < -0.4 is 0 Å². The summed E-state index contributed by atoms with van der Waals surface area (Å²) in [6.45, 7) is 3.68. The Kier molecular flexibility index (Phi) is 2.93. The van der Waals surface area contributed by atoms with Gasteiger partial charge in [0.05, 0.1) is 5.41 Å². The van der Waals surface area contributed by atoms with E-state index in [1.165, 1.54) is 58.2 Å². The van der Waals surface area contributed by atoms with Crippen LogP contribution in [-0.4, -0.2) is 35.6 Å². The first kappa shape index (κ1) is 13.1. The smallest absolute Gasteiger partial charge is 0.309 e. The lowest BCUT2D eigenvalue weighted by atomic mass is 9.44. The number of carbonyl (C=O) groups is 1. The molecule has 0 aromatic heterocycles. The second-order valence-corrected chi connectivity index (χ2v) is 8.38. The van der Waals surface area contributed by atoms with Gasteiger partial charge >= 0.3 is 5.97 Å². The highest BCUT2D eigenvalue weighted by Gasteiger charge is 2.60. The molecule has 4 saturated carbocycles. The van der Waals surface area contributed by atoms with E-state index < -0.39 is 5.97 Å². The first-order chi connectivity index (χ1) is 9.59. The Morgan fingerprint density at radius 3 is 2.30 bits per heavy atom. The summed E-state index contributed by atoms with van der Waals surface area (Å²) in [4.78, 5) is 14.5. The van der Waals surface area contributed by atoms with E-state index in [0.29, 0.717) is 17.3 Å². The lowest BCUT2D eigenvalue weighted by Gasteiger charge is -2.61. The van der Waals surface area contributed by atoms with Crippen molar-refractivity contribution in [2.75, 3.05) is 19.6 Å². The first-order valence-electron chi connectivity index (χ1n) is 8.55. The van der Waals surface area contributed by atoms with Crippen molar-refractivity contribution in [2.24, 2.45) is 22.7 Å². The SMILES string of the molecule is O=C(O)C12C[C@H]3C[C@@H](CC(CN4CCCCC4)(C3)C1)C2. The summed E-state index contributed by atoms with van der Waals surface area (Å²) in [7, 11) is 0. The molecule has 4 aliphatic carbocycles. The van der Waals surface area contributed by atoms with Crippen LogP contribution in [0.3, 0.4) is 0 Å². The standard InChI is InChI=1S/C17H27NO2/c19-15(20)17-9-13-6-14(10-17)8-16(7-13,11-17)12-18-4-2-1-3-5-18/h13-14H,1-12H2,(H,19,20)/t13-,14-,16?,17?/m0/s1. The maximum atomic E-state index is 11.9. The predicted octanol–water partition coefficient (Wildman–Crippen LogP) is 3.14. The molecule has 0 aromatic rings. The molecule has 1 heterocycles. The number of carboxylic acids is 1. The van der Waals surface area contributed by atoms with Crippen molar-refractivity contribution >= 4 is 5.97 Å². The maximum absolute atomic E-state index is 11.9. The van der Waals surface area contributed by atoms with Gasteiger partial charge in [0.1, 0.15) is 0 Å². The summed E-state index contributed by atoms with van der Waals surface area (Å²) in [6, 6.07) is 0. The lowest BCUT2D eigenvalue weighted by Crippen LogP contribution is -2.58. The molecule has 5 fully saturated rings. The fraction of sp³-hybridized carbons (Fsp3) is 0.941. The Morgan fingerprint density at radius 2 is 1.70 bits per heavy atom. The molecule has 0 aromatic carbocycles. The van der Waals surface area contributed by atoms with Crippen LogP contribution in [0.5, 0.6) is 0 Å². The zero-order valence-corrected chi connectivity index (χ0v) is 12.4. The number of hydrogen-bond acceptors (Lipinski definition) is 2. The third-order valence-corrected chi connectivity index (χ3v) is 6.64. The predicted molar refractivity (Wildman–Crippen MR) is 77.5 cm³/mol. The van der Waals surface area contributed by atoms with Crippen LogP contribution in [-0.2, 0) is 4.79 Å². The van der Waals surface area contributed by atoms with Gasteiger partial charge in [-0.2, -0.15) is 0 Å². The van der Waals surface area contributed by atoms with Crippen molar-refractivity contribution in [3.8, 4) is 0 Å². The van der Waals surface area contributed by atoms with E-state index >= 15 is 0 Å². The topological polar surface area (TPSA) is 40.5 Å². The molecule has 3 nitrogen and oxygen atoms in total. The molecular weight excluding hydrogens is 250 g/mol. The Bertz CT molecular complexity index is 399. The quantitative estimate of drug-likeness (QED) is 0.861. The van der Waals surface area contributed by atoms with Crippen LogP contribution in [0.25, 0.3) is 0 Å². The zero-order chi connectivity index (χ0) is 13.8. The summed E-state index contributed by atoms with van der Waals surface area (Å²) in [5, 5.41) is 9.79. The average Bonchev–Trinajstić information content (AvgIpc) is 2.37. The fourth-order valence-corrected chi connectivity index (χ4v) is 6.48. The highest BCUT2D eigenvalue weighted by atomic mass is 16.4. The van der Waals surface area contributed by atoms with Crippen molar-refractivity contribution in [3.63, 3.8) is 0 Å². The fourth-order valence-electron chi connectivity index (χ4n) is 6.48. The van der Waals surface area contributed by atoms with Crippen LogP contribution in [0.15, 0.2) is 0 Å². The normalized spacial score (nSPS) is 47.6. The molecule has 2 atom stereocenters. The minimum Gasteiger partial charge on any atom is -0.481 e. The number of hydrogen-bond donors (Lipinski definition) is 1. The Morgan fingerprint density at radius 1 is 1.05 bits per heavy atom. The summed E-state index contributed by atoms with van der Waals surface area (Å²) in [5.41, 5.74) is -0.000314. The molecule has 112 valence electrons. The van der Waals surface area contributed by atoms with Gasteiger partial charge in [-0.3, -0.25) is 4.79 Å². The van der Waals surface area contributed by atoms with Crippen molar-refractivity contribution < 1.29 is 9.90 Å². The Hall–Kier alpha value is -0.570. The molecule has 1 aliphatic heterocycles. The van der Waals surface area contributed by atoms with E-state index in [4.69, 9.17) is 0 Å². The Labute approximate surface area is 121 Å². The highest BCUT2D eigenvalue weighted by Crippen LogP contribution is 2.65. The number of carboxylic acid groups (broad SMARTS) is 1. The van der Waals surface area contributed by atoms with Gasteiger partial charge < -0.3 is 10.0 Å².